The van der Waals surface area contributed by atoms with Crippen LogP contribution in [0.15, 0.2) is 18.2 Å². The Labute approximate surface area is 124 Å². The van der Waals surface area contributed by atoms with Crippen LogP contribution in [0.25, 0.3) is 0 Å². The van der Waals surface area contributed by atoms with Crippen molar-refractivity contribution in [1.29, 1.82) is 0 Å². The molecule has 0 bridgehead atoms. The van der Waals surface area contributed by atoms with Crippen molar-refractivity contribution in [2.45, 2.75) is 19.4 Å². The topological polar surface area (TPSA) is 54.0 Å². The molecule has 0 saturated carbocycles. The average Bonchev–Trinajstić information content (AvgIpc) is 2.84. The number of benzene rings is 1. The second kappa shape index (κ2) is 5.87. The molecule has 0 atom stereocenters. The van der Waals surface area contributed by atoms with Crippen LogP contribution < -0.4 is 10.6 Å². The zero-order valence-corrected chi connectivity index (χ0v) is 11.9. The van der Waals surface area contributed by atoms with Crippen LogP contribution in [-0.2, 0) is 24.2 Å². The lowest BCUT2D eigenvalue weighted by Gasteiger charge is -2.09. The van der Waals surface area contributed by atoms with Crippen molar-refractivity contribution in [3.05, 3.63) is 46.0 Å². The predicted octanol–water partition coefficient (Wildman–Crippen LogP) is 2.25. The number of nitrogens with one attached hydrogen (secondary N) is 2. The first kappa shape index (κ1) is 14.1. The Morgan fingerprint density at radius 2 is 2.29 bits per heavy atom. The molecule has 0 aliphatic carbocycles. The van der Waals surface area contributed by atoms with E-state index in [1.54, 1.807) is 0 Å². The van der Waals surface area contributed by atoms with E-state index in [1.165, 1.54) is 17.4 Å². The molecule has 0 radical (unpaired) electrons. The van der Waals surface area contributed by atoms with E-state index in [0.717, 1.165) is 42.2 Å². The number of fused-ring (bicyclic) bond motifs is 1. The van der Waals surface area contributed by atoms with Crippen LogP contribution in [0.2, 0.25) is 0 Å². The molecule has 110 valence electrons. The summed E-state index contributed by atoms with van der Waals surface area (Å²) >= 11 is 1.42. The summed E-state index contributed by atoms with van der Waals surface area (Å²) in [6, 6.07) is 3.19. The van der Waals surface area contributed by atoms with Crippen LogP contribution in [0.5, 0.6) is 0 Å². The summed E-state index contributed by atoms with van der Waals surface area (Å²) in [5.74, 6) is -1.73. The van der Waals surface area contributed by atoms with E-state index in [1.807, 2.05) is 0 Å². The Balaban J connectivity index is 1.67. The zero-order valence-electron chi connectivity index (χ0n) is 11.1. The van der Waals surface area contributed by atoms with Crippen LogP contribution in [-0.4, -0.2) is 17.4 Å². The number of thiazole rings is 1. The molecule has 1 aromatic carbocycles. The van der Waals surface area contributed by atoms with Crippen molar-refractivity contribution >= 4 is 22.4 Å². The lowest BCUT2D eigenvalue weighted by atomic mass is 10.1. The van der Waals surface area contributed by atoms with Crippen molar-refractivity contribution in [1.82, 2.24) is 10.3 Å². The van der Waals surface area contributed by atoms with Gasteiger partial charge in [-0.25, -0.2) is 13.8 Å². The lowest BCUT2D eigenvalue weighted by Crippen LogP contribution is -2.22. The number of rotatable bonds is 3. The second-order valence-corrected chi connectivity index (χ2v) is 5.86. The van der Waals surface area contributed by atoms with Gasteiger partial charge in [0.25, 0.3) is 0 Å². The predicted molar refractivity (Wildman–Crippen MR) is 76.2 cm³/mol. The van der Waals surface area contributed by atoms with Crippen LogP contribution in [0.3, 0.4) is 0 Å². The first-order valence-corrected chi connectivity index (χ1v) is 7.36. The Morgan fingerprint density at radius 3 is 3.05 bits per heavy atom. The molecule has 0 fully saturated rings. The van der Waals surface area contributed by atoms with Crippen molar-refractivity contribution in [2.24, 2.45) is 0 Å². The van der Waals surface area contributed by atoms with Crippen molar-refractivity contribution < 1.29 is 13.6 Å². The molecule has 1 aliphatic heterocycles. The van der Waals surface area contributed by atoms with E-state index in [-0.39, 0.29) is 17.9 Å². The Bertz CT molecular complexity index is 663. The summed E-state index contributed by atoms with van der Waals surface area (Å²) in [6.45, 7) is 1.64. The fourth-order valence-electron chi connectivity index (χ4n) is 2.18. The Morgan fingerprint density at radius 1 is 1.43 bits per heavy atom. The molecular formula is C14H13F2N3OS. The maximum Gasteiger partial charge on any atom is 0.230 e. The van der Waals surface area contributed by atoms with Gasteiger partial charge in [-0.1, -0.05) is 6.07 Å². The fourth-order valence-corrected chi connectivity index (χ4v) is 3.17. The maximum atomic E-state index is 13.5. The smallest absolute Gasteiger partial charge is 0.230 e. The lowest BCUT2D eigenvalue weighted by molar-refractivity contribution is -0.115. The van der Waals surface area contributed by atoms with Gasteiger partial charge in [0, 0.05) is 30.5 Å². The first-order chi connectivity index (χ1) is 10.1. The SMILES string of the molecule is O=C(Cc1ccc(F)cc1F)Nc1nc2c(s1)CNCC2. The van der Waals surface area contributed by atoms with E-state index in [4.69, 9.17) is 0 Å². The second-order valence-electron chi connectivity index (χ2n) is 4.78. The third-order valence-electron chi connectivity index (χ3n) is 3.21. The number of hydrogen-bond acceptors (Lipinski definition) is 4. The maximum absolute atomic E-state index is 13.5. The van der Waals surface area contributed by atoms with Gasteiger partial charge in [0.1, 0.15) is 11.6 Å². The number of hydrogen-bond donors (Lipinski definition) is 2. The third-order valence-corrected chi connectivity index (χ3v) is 4.23. The van der Waals surface area contributed by atoms with E-state index >= 15 is 0 Å². The first-order valence-electron chi connectivity index (χ1n) is 6.55. The molecule has 21 heavy (non-hydrogen) atoms. The minimum atomic E-state index is -0.715. The van der Waals surface area contributed by atoms with Crippen LogP contribution in [0.1, 0.15) is 16.1 Å². The van der Waals surface area contributed by atoms with Gasteiger partial charge in [0.2, 0.25) is 5.91 Å². The standard InChI is InChI=1S/C14H13F2N3OS/c15-9-2-1-8(10(16)6-9)5-13(20)19-14-18-11-3-4-17-7-12(11)21-14/h1-2,6,17H,3-5,7H2,(H,18,19,20). The van der Waals surface area contributed by atoms with Gasteiger partial charge < -0.3 is 10.6 Å². The average molecular weight is 309 g/mol. The summed E-state index contributed by atoms with van der Waals surface area (Å²) < 4.78 is 26.3. The molecule has 1 aliphatic rings. The highest BCUT2D eigenvalue weighted by atomic mass is 32.1. The highest BCUT2D eigenvalue weighted by Gasteiger charge is 2.16. The normalized spacial score (nSPS) is 13.8. The molecule has 4 nitrogen and oxygen atoms in total. The molecule has 0 unspecified atom stereocenters. The van der Waals surface area contributed by atoms with Crippen LogP contribution in [0, 0.1) is 11.6 Å². The number of carbonyl (C=O) groups is 1. The Kier molecular flexibility index (Phi) is 3.94. The summed E-state index contributed by atoms with van der Waals surface area (Å²) in [6.07, 6.45) is 0.697. The monoisotopic (exact) mass is 309 g/mol. The minimum absolute atomic E-state index is 0.144. The van der Waals surface area contributed by atoms with Gasteiger partial charge in [-0.15, -0.1) is 11.3 Å². The van der Waals surface area contributed by atoms with Crippen LogP contribution in [0.4, 0.5) is 13.9 Å². The number of halogens is 2. The van der Waals surface area contributed by atoms with E-state index in [2.05, 4.69) is 15.6 Å². The highest BCUT2D eigenvalue weighted by molar-refractivity contribution is 7.15. The Hall–Kier alpha value is -1.86. The van der Waals surface area contributed by atoms with Gasteiger partial charge in [-0.2, -0.15) is 0 Å². The molecule has 0 saturated heterocycles. The van der Waals surface area contributed by atoms with E-state index < -0.39 is 11.6 Å². The van der Waals surface area contributed by atoms with E-state index in [0.29, 0.717) is 5.13 Å². The molecule has 3 rings (SSSR count). The van der Waals surface area contributed by atoms with Gasteiger partial charge in [0.05, 0.1) is 12.1 Å². The van der Waals surface area contributed by atoms with Gasteiger partial charge >= 0.3 is 0 Å². The van der Waals surface area contributed by atoms with Crippen LogP contribution >= 0.6 is 11.3 Å². The molecule has 2 aromatic rings. The number of aromatic nitrogens is 1. The van der Waals surface area contributed by atoms with E-state index in [9.17, 15) is 13.6 Å². The molecule has 1 aromatic heterocycles. The van der Waals surface area contributed by atoms with Crippen molar-refractivity contribution in [3.8, 4) is 0 Å². The number of amides is 1. The number of carbonyl (C=O) groups excluding carboxylic acids is 1. The highest BCUT2D eigenvalue weighted by Crippen LogP contribution is 2.25. The summed E-state index contributed by atoms with van der Waals surface area (Å²) in [5.41, 5.74) is 1.17. The van der Waals surface area contributed by atoms with Gasteiger partial charge in [-0.3, -0.25) is 4.79 Å². The number of nitrogens with zero attached hydrogens (tertiary/aromatic N) is 1. The largest absolute Gasteiger partial charge is 0.311 e. The van der Waals surface area contributed by atoms with Crippen molar-refractivity contribution in [2.75, 3.05) is 11.9 Å². The van der Waals surface area contributed by atoms with Gasteiger partial charge in [-0.05, 0) is 11.6 Å². The number of anilines is 1. The third kappa shape index (κ3) is 3.25. The molecular weight excluding hydrogens is 296 g/mol. The van der Waals surface area contributed by atoms with Gasteiger partial charge in [0.15, 0.2) is 5.13 Å². The minimum Gasteiger partial charge on any atom is -0.311 e. The molecule has 2 heterocycles. The molecule has 1 amide bonds. The molecule has 7 heteroatoms. The summed E-state index contributed by atoms with van der Waals surface area (Å²) in [4.78, 5) is 17.4. The molecule has 0 spiro atoms. The summed E-state index contributed by atoms with van der Waals surface area (Å²) in [5, 5.41) is 6.43. The summed E-state index contributed by atoms with van der Waals surface area (Å²) in [7, 11) is 0. The fraction of sp³-hybridized carbons (Fsp3) is 0.286. The quantitative estimate of drug-likeness (QED) is 0.914. The molecule has 2 N–H and O–H groups in total. The van der Waals surface area contributed by atoms with Crippen molar-refractivity contribution in [3.63, 3.8) is 0 Å². The zero-order chi connectivity index (χ0) is 14.8.